The van der Waals surface area contributed by atoms with Crippen LogP contribution in [0.3, 0.4) is 0 Å². The Kier molecular flexibility index (Phi) is 4.69. The lowest BCUT2D eigenvalue weighted by Gasteiger charge is -2.32. The average molecular weight is 434 g/mol. The van der Waals surface area contributed by atoms with E-state index in [4.69, 9.17) is 12.2 Å². The van der Waals surface area contributed by atoms with Crippen molar-refractivity contribution < 1.29 is 0 Å². The molecular formula is C16H26BINS2. The third-order valence-corrected chi connectivity index (χ3v) is 9.30. The molecule has 1 saturated carbocycles. The van der Waals surface area contributed by atoms with Crippen molar-refractivity contribution >= 4 is 58.2 Å². The largest absolute Gasteiger partial charge is 0.351 e. The van der Waals surface area contributed by atoms with Crippen LogP contribution in [0.2, 0.25) is 5.31 Å². The molecule has 0 bridgehead atoms. The van der Waals surface area contributed by atoms with Crippen LogP contribution in [-0.2, 0) is 0 Å². The lowest BCUT2D eigenvalue weighted by atomic mass is 9.75. The number of thioether (sulfide) groups is 1. The molecule has 0 spiro atoms. The van der Waals surface area contributed by atoms with Crippen LogP contribution in [0.25, 0.3) is 0 Å². The Morgan fingerprint density at radius 1 is 1.33 bits per heavy atom. The maximum Gasteiger partial charge on any atom is 0.140 e. The molecule has 5 heteroatoms. The minimum Gasteiger partial charge on any atom is -0.351 e. The van der Waals surface area contributed by atoms with Gasteiger partial charge in [0.15, 0.2) is 0 Å². The van der Waals surface area contributed by atoms with Gasteiger partial charge < -0.3 is 4.90 Å². The first-order chi connectivity index (χ1) is 9.81. The summed E-state index contributed by atoms with van der Waals surface area (Å²) in [6.07, 6.45) is 6.78. The number of hydrogen-bond acceptors (Lipinski definition) is 2. The van der Waals surface area contributed by atoms with Crippen LogP contribution in [0, 0.1) is 5.92 Å². The third kappa shape index (κ3) is 2.71. The van der Waals surface area contributed by atoms with E-state index < -0.39 is 0 Å². The predicted octanol–water partition coefficient (Wildman–Crippen LogP) is 5.09. The fourth-order valence-corrected chi connectivity index (χ4v) is 9.02. The van der Waals surface area contributed by atoms with Crippen molar-refractivity contribution in [2.45, 2.75) is 85.8 Å². The number of rotatable bonds is 2. The first kappa shape index (κ1) is 16.9. The highest BCUT2D eigenvalue weighted by Crippen LogP contribution is 2.71. The van der Waals surface area contributed by atoms with E-state index in [1.54, 1.807) is 0 Å². The fraction of sp³-hybridized carbons (Fsp3) is 0.938. The molecule has 117 valence electrons. The molecule has 4 unspecified atom stereocenters. The maximum atomic E-state index is 5.70. The van der Waals surface area contributed by atoms with Gasteiger partial charge in [0.1, 0.15) is 11.6 Å². The number of halogens is 1. The quantitative estimate of drug-likeness (QED) is 0.258. The topological polar surface area (TPSA) is 3.24 Å². The van der Waals surface area contributed by atoms with Gasteiger partial charge in [-0.15, -0.1) is 0 Å². The molecular weight excluding hydrogens is 408 g/mol. The van der Waals surface area contributed by atoms with E-state index in [0.717, 1.165) is 10.2 Å². The Morgan fingerprint density at radius 3 is 2.67 bits per heavy atom. The maximum absolute atomic E-state index is 5.70. The molecule has 21 heavy (non-hydrogen) atoms. The molecule has 0 N–H and O–H groups in total. The second kappa shape index (κ2) is 5.84. The van der Waals surface area contributed by atoms with Crippen LogP contribution in [0.15, 0.2) is 0 Å². The normalized spacial score (nSPS) is 43.0. The molecule has 3 fully saturated rings. The molecule has 0 aromatic carbocycles. The van der Waals surface area contributed by atoms with Crippen molar-refractivity contribution in [1.29, 1.82) is 0 Å². The molecule has 0 amide bonds. The Morgan fingerprint density at radius 2 is 2.05 bits per heavy atom. The van der Waals surface area contributed by atoms with E-state index in [2.05, 4.69) is 62.5 Å². The molecule has 1 radical (unpaired) electrons. The van der Waals surface area contributed by atoms with Crippen molar-refractivity contribution in [3.8, 4) is 0 Å². The molecule has 0 aromatic heterocycles. The van der Waals surface area contributed by atoms with Gasteiger partial charge in [0.25, 0.3) is 0 Å². The van der Waals surface area contributed by atoms with Crippen LogP contribution in [-0.4, -0.2) is 37.2 Å². The highest BCUT2D eigenvalue weighted by molar-refractivity contribution is 14.1. The Labute approximate surface area is 154 Å². The summed E-state index contributed by atoms with van der Waals surface area (Å²) in [7, 11) is 2.68. The Balaban J connectivity index is 1.84. The zero-order valence-electron chi connectivity index (χ0n) is 13.6. The fourth-order valence-electron chi connectivity index (χ4n) is 4.58. The number of nitrogens with zero attached hydrogens (tertiary/aromatic N) is 1. The zero-order valence-corrected chi connectivity index (χ0v) is 17.4. The Bertz CT molecular complexity index is 444. The standard InChI is InChI=1S/C16H26BINS2/c1-10(2)15-8-6-5-7-12-13(9-16(15,18)17-15)21-14(20)19(12)11(3)4/h10-13H,5-9H2,1-4H3. The summed E-state index contributed by atoms with van der Waals surface area (Å²) >= 11 is 10.5. The van der Waals surface area contributed by atoms with Gasteiger partial charge in [-0.2, -0.15) is 0 Å². The highest BCUT2D eigenvalue weighted by Gasteiger charge is 2.68. The number of hydrogen-bond donors (Lipinski definition) is 0. The SMILES string of the molecule is CC(C)N1C(=S)SC2CC3(I)[B]C3(C(C)C)CCCCC21. The van der Waals surface area contributed by atoms with Crippen LogP contribution in [0.4, 0.5) is 0 Å². The summed E-state index contributed by atoms with van der Waals surface area (Å²) in [6.45, 7) is 9.42. The first-order valence-corrected chi connectivity index (χ1v) is 10.7. The second-order valence-corrected chi connectivity index (χ2v) is 11.4. The van der Waals surface area contributed by atoms with Crippen molar-refractivity contribution in [3.63, 3.8) is 0 Å². The van der Waals surface area contributed by atoms with Crippen LogP contribution < -0.4 is 0 Å². The van der Waals surface area contributed by atoms with Crippen molar-refractivity contribution in [2.24, 2.45) is 5.92 Å². The lowest BCUT2D eigenvalue weighted by Crippen LogP contribution is -2.41. The van der Waals surface area contributed by atoms with Gasteiger partial charge in [-0.25, -0.2) is 0 Å². The molecule has 1 aliphatic carbocycles. The van der Waals surface area contributed by atoms with E-state index in [0.29, 0.717) is 26.0 Å². The molecule has 0 aromatic rings. The number of fused-ring (bicyclic) bond motifs is 2. The lowest BCUT2D eigenvalue weighted by molar-refractivity contribution is 0.254. The van der Waals surface area contributed by atoms with Gasteiger partial charge in [0.05, 0.1) is 0 Å². The summed E-state index contributed by atoms with van der Waals surface area (Å²) in [4.78, 5) is 2.54. The Hall–Kier alpha value is 1.03. The van der Waals surface area contributed by atoms with Crippen molar-refractivity contribution in [3.05, 3.63) is 0 Å². The summed E-state index contributed by atoms with van der Waals surface area (Å²) in [5.74, 6) is 0.769. The summed E-state index contributed by atoms with van der Waals surface area (Å²) in [5, 5.41) is 1.20. The average Bonchev–Trinajstić information content (AvgIpc) is 2.82. The number of thiocarbonyl (C=S) groups is 1. The van der Waals surface area contributed by atoms with E-state index in [-0.39, 0.29) is 0 Å². The monoisotopic (exact) mass is 434 g/mol. The molecule has 2 heterocycles. The van der Waals surface area contributed by atoms with E-state index in [1.807, 2.05) is 11.8 Å². The van der Waals surface area contributed by atoms with E-state index in [1.165, 1.54) is 32.1 Å². The van der Waals surface area contributed by atoms with Crippen LogP contribution >= 0.6 is 46.6 Å². The molecule has 4 atom stereocenters. The molecule has 2 saturated heterocycles. The first-order valence-electron chi connectivity index (χ1n) is 8.36. The summed E-state index contributed by atoms with van der Waals surface area (Å²) < 4.78 is 1.57. The van der Waals surface area contributed by atoms with Gasteiger partial charge >= 0.3 is 0 Å². The van der Waals surface area contributed by atoms with Gasteiger partial charge in [-0.3, -0.25) is 0 Å². The molecule has 3 rings (SSSR count). The smallest absolute Gasteiger partial charge is 0.140 e. The third-order valence-electron chi connectivity index (χ3n) is 5.85. The summed E-state index contributed by atoms with van der Waals surface area (Å²) in [6, 6.07) is 1.22. The van der Waals surface area contributed by atoms with Gasteiger partial charge in [-0.05, 0) is 41.2 Å². The number of alkyl halides is 1. The predicted molar refractivity (Wildman–Crippen MR) is 108 cm³/mol. The van der Waals surface area contributed by atoms with Gasteiger partial charge in [0, 0.05) is 17.3 Å². The second-order valence-electron chi connectivity index (χ2n) is 7.64. The highest BCUT2D eigenvalue weighted by atomic mass is 127. The summed E-state index contributed by atoms with van der Waals surface area (Å²) in [5.41, 5.74) is 0. The van der Waals surface area contributed by atoms with Gasteiger partial charge in [0.2, 0.25) is 0 Å². The van der Waals surface area contributed by atoms with E-state index >= 15 is 0 Å². The minimum absolute atomic E-state index is 0.418. The van der Waals surface area contributed by atoms with Crippen LogP contribution in [0.1, 0.15) is 59.8 Å². The molecule has 3 aliphatic rings. The molecule has 2 aliphatic heterocycles. The van der Waals surface area contributed by atoms with Crippen molar-refractivity contribution in [2.75, 3.05) is 0 Å². The minimum atomic E-state index is 0.418. The van der Waals surface area contributed by atoms with Crippen LogP contribution in [0.5, 0.6) is 0 Å². The van der Waals surface area contributed by atoms with Gasteiger partial charge in [-0.1, -0.05) is 79.7 Å². The molecule has 1 nitrogen and oxygen atoms in total. The van der Waals surface area contributed by atoms with Crippen molar-refractivity contribution in [1.82, 2.24) is 4.90 Å². The zero-order chi connectivity index (χ0) is 15.4. The van der Waals surface area contributed by atoms with E-state index in [9.17, 15) is 0 Å².